The van der Waals surface area contributed by atoms with Gasteiger partial charge in [-0.15, -0.1) is 11.3 Å². The van der Waals surface area contributed by atoms with Gasteiger partial charge in [0.1, 0.15) is 0 Å². The Balaban J connectivity index is 0.974. The summed E-state index contributed by atoms with van der Waals surface area (Å²) in [6.07, 6.45) is 0. The van der Waals surface area contributed by atoms with Crippen LogP contribution >= 0.6 is 11.3 Å². The molecule has 0 N–H and O–H groups in total. The van der Waals surface area contributed by atoms with Crippen molar-refractivity contribution in [2.24, 2.45) is 0 Å². The first kappa shape index (κ1) is 33.7. The molecule has 60 heavy (non-hydrogen) atoms. The smallest absolute Gasteiger partial charge is 0.0782 e. The van der Waals surface area contributed by atoms with Gasteiger partial charge in [-0.1, -0.05) is 153 Å². The third-order valence-electron chi connectivity index (χ3n) is 13.3. The summed E-state index contributed by atoms with van der Waals surface area (Å²) in [7, 11) is 0. The van der Waals surface area contributed by atoms with Crippen LogP contribution in [-0.4, -0.2) is 4.40 Å². The van der Waals surface area contributed by atoms with E-state index < -0.39 is 0 Å². The molecule has 2 nitrogen and oxygen atoms in total. The third-order valence-corrected chi connectivity index (χ3v) is 14.5. The van der Waals surface area contributed by atoms with E-state index in [1.54, 1.807) is 0 Å². The molecule has 3 heteroatoms. The lowest BCUT2D eigenvalue weighted by atomic mass is 9.82. The summed E-state index contributed by atoms with van der Waals surface area (Å²) in [6.45, 7) is 4.69. The van der Waals surface area contributed by atoms with E-state index in [0.29, 0.717) is 0 Å². The van der Waals surface area contributed by atoms with Gasteiger partial charge in [-0.25, -0.2) is 0 Å². The maximum absolute atomic E-state index is 2.50. The van der Waals surface area contributed by atoms with Gasteiger partial charge >= 0.3 is 0 Å². The van der Waals surface area contributed by atoms with Crippen molar-refractivity contribution in [1.82, 2.24) is 4.40 Å². The monoisotopic (exact) mass is 782 g/mol. The van der Waals surface area contributed by atoms with E-state index in [1.165, 1.54) is 103 Å². The summed E-state index contributed by atoms with van der Waals surface area (Å²) in [5, 5.41) is 7.77. The summed E-state index contributed by atoms with van der Waals surface area (Å²) in [5.74, 6) is 0. The molecule has 13 rings (SSSR count). The van der Waals surface area contributed by atoms with E-state index in [-0.39, 0.29) is 5.41 Å². The van der Waals surface area contributed by atoms with Crippen molar-refractivity contribution in [2.75, 3.05) is 4.90 Å². The predicted octanol–water partition coefficient (Wildman–Crippen LogP) is 16.3. The lowest BCUT2D eigenvalue weighted by Crippen LogP contribution is -2.14. The third kappa shape index (κ3) is 4.70. The first-order valence-corrected chi connectivity index (χ1v) is 21.7. The molecule has 0 spiro atoms. The van der Waals surface area contributed by atoms with Gasteiger partial charge < -0.3 is 9.30 Å². The van der Waals surface area contributed by atoms with E-state index in [1.807, 2.05) is 11.3 Å². The van der Waals surface area contributed by atoms with Crippen LogP contribution in [0.1, 0.15) is 25.0 Å². The summed E-state index contributed by atoms with van der Waals surface area (Å²) in [5.41, 5.74) is 17.5. The van der Waals surface area contributed by atoms with Gasteiger partial charge in [0, 0.05) is 58.5 Å². The summed E-state index contributed by atoms with van der Waals surface area (Å²) in [6, 6.07) is 72.3. The standard InChI is InChI=1S/C57H38N2S/c1-57(2)49-17-6-3-11-41(49)48-33-37(26-32-50(48)57)35-21-27-39(28-22-35)58(40-29-23-36(24-30-40)38-25-31-44-43-13-5-8-20-53(43)60-54(44)34-38)52-19-10-16-47-46-15-9-14-45-42-12-4-7-18-51(42)59(55(45)46)56(47)52/h3-34H,1-2H3. The number of benzene rings is 9. The van der Waals surface area contributed by atoms with Crippen LogP contribution in [0.4, 0.5) is 17.1 Å². The van der Waals surface area contributed by atoms with Crippen LogP contribution in [0.3, 0.4) is 0 Å². The zero-order chi connectivity index (χ0) is 39.7. The Morgan fingerprint density at radius 1 is 0.400 bits per heavy atom. The molecule has 282 valence electrons. The highest BCUT2D eigenvalue weighted by Gasteiger charge is 2.35. The number of thiophene rings is 1. The van der Waals surface area contributed by atoms with Crippen molar-refractivity contribution < 1.29 is 0 Å². The van der Waals surface area contributed by atoms with Gasteiger partial charge in [-0.2, -0.15) is 0 Å². The minimum absolute atomic E-state index is 0.0120. The van der Waals surface area contributed by atoms with Crippen LogP contribution in [0.15, 0.2) is 194 Å². The first-order chi connectivity index (χ1) is 29.5. The average Bonchev–Trinajstić information content (AvgIpc) is 4.02. The molecule has 0 aliphatic heterocycles. The Bertz CT molecular complexity index is 3680. The molecule has 3 aromatic heterocycles. The van der Waals surface area contributed by atoms with Gasteiger partial charge in [0.25, 0.3) is 0 Å². The van der Waals surface area contributed by atoms with Crippen molar-refractivity contribution in [3.63, 3.8) is 0 Å². The Morgan fingerprint density at radius 3 is 1.73 bits per heavy atom. The molecule has 0 bridgehead atoms. The number of nitrogens with zero attached hydrogens (tertiary/aromatic N) is 2. The highest BCUT2D eigenvalue weighted by Crippen LogP contribution is 2.50. The van der Waals surface area contributed by atoms with Gasteiger partial charge in [0.15, 0.2) is 0 Å². The Labute approximate surface area is 352 Å². The zero-order valence-electron chi connectivity index (χ0n) is 33.3. The van der Waals surface area contributed by atoms with Gasteiger partial charge in [0.2, 0.25) is 0 Å². The van der Waals surface area contributed by atoms with Crippen LogP contribution < -0.4 is 4.90 Å². The van der Waals surface area contributed by atoms with Crippen molar-refractivity contribution in [3.05, 3.63) is 205 Å². The van der Waals surface area contributed by atoms with E-state index in [0.717, 1.165) is 17.1 Å². The number of hydrogen-bond acceptors (Lipinski definition) is 2. The molecule has 0 atom stereocenters. The lowest BCUT2D eigenvalue weighted by molar-refractivity contribution is 0.660. The minimum Gasteiger partial charge on any atom is -0.308 e. The number of hydrogen-bond donors (Lipinski definition) is 0. The Morgan fingerprint density at radius 2 is 0.950 bits per heavy atom. The average molecular weight is 783 g/mol. The second-order valence-corrected chi connectivity index (χ2v) is 18.0. The second-order valence-electron chi connectivity index (χ2n) is 16.9. The fourth-order valence-electron chi connectivity index (χ4n) is 10.5. The Hall–Kier alpha value is -7.20. The van der Waals surface area contributed by atoms with Crippen LogP contribution in [-0.2, 0) is 5.41 Å². The molecule has 0 saturated heterocycles. The maximum Gasteiger partial charge on any atom is 0.0782 e. The minimum atomic E-state index is -0.0120. The second kappa shape index (κ2) is 12.4. The Kier molecular flexibility index (Phi) is 6.98. The summed E-state index contributed by atoms with van der Waals surface area (Å²) in [4.78, 5) is 2.45. The highest BCUT2D eigenvalue weighted by molar-refractivity contribution is 7.25. The molecule has 0 amide bonds. The van der Waals surface area contributed by atoms with E-state index >= 15 is 0 Å². The largest absolute Gasteiger partial charge is 0.308 e. The molecule has 9 aromatic carbocycles. The molecule has 0 fully saturated rings. The van der Waals surface area contributed by atoms with Crippen molar-refractivity contribution in [1.29, 1.82) is 0 Å². The number of anilines is 3. The fourth-order valence-corrected chi connectivity index (χ4v) is 11.6. The van der Waals surface area contributed by atoms with E-state index in [4.69, 9.17) is 0 Å². The van der Waals surface area contributed by atoms with Gasteiger partial charge in [-0.05, 0) is 99.1 Å². The number of aromatic nitrogens is 1. The fraction of sp³-hybridized carbons (Fsp3) is 0.0526. The maximum atomic E-state index is 2.50. The molecule has 1 aliphatic rings. The molecule has 12 aromatic rings. The predicted molar refractivity (Wildman–Crippen MR) is 257 cm³/mol. The molecule has 0 unspecified atom stereocenters. The molecular weight excluding hydrogens is 745 g/mol. The molecule has 1 aliphatic carbocycles. The topological polar surface area (TPSA) is 7.65 Å². The van der Waals surface area contributed by atoms with Crippen molar-refractivity contribution in [3.8, 4) is 33.4 Å². The molecule has 3 heterocycles. The van der Waals surface area contributed by atoms with Crippen LogP contribution in [0.5, 0.6) is 0 Å². The molecular formula is C57H38N2S. The summed E-state index contributed by atoms with van der Waals surface area (Å²) >= 11 is 1.87. The number of fused-ring (bicyclic) bond motifs is 12. The normalized spacial score (nSPS) is 13.3. The number of rotatable bonds is 5. The van der Waals surface area contributed by atoms with Gasteiger partial charge in [-0.3, -0.25) is 0 Å². The van der Waals surface area contributed by atoms with E-state index in [9.17, 15) is 0 Å². The van der Waals surface area contributed by atoms with Crippen molar-refractivity contribution in [2.45, 2.75) is 19.3 Å². The van der Waals surface area contributed by atoms with Crippen LogP contribution in [0.25, 0.3) is 91.6 Å². The zero-order valence-corrected chi connectivity index (χ0v) is 34.1. The van der Waals surface area contributed by atoms with Crippen LogP contribution in [0.2, 0.25) is 0 Å². The molecule has 0 radical (unpaired) electrons. The highest BCUT2D eigenvalue weighted by atomic mass is 32.1. The molecule has 0 saturated carbocycles. The SMILES string of the molecule is CC1(C)c2ccccc2-c2cc(-c3ccc(N(c4ccc(-c5ccc6c(c5)sc5ccccc56)cc4)c4cccc5c6cccc7c8ccccc8n(c45)c76)cc3)ccc21. The van der Waals surface area contributed by atoms with Crippen molar-refractivity contribution >= 4 is 86.7 Å². The summed E-state index contributed by atoms with van der Waals surface area (Å²) < 4.78 is 5.16. The van der Waals surface area contributed by atoms with E-state index in [2.05, 4.69) is 217 Å². The number of para-hydroxylation sites is 3. The quantitative estimate of drug-likeness (QED) is 0.169. The van der Waals surface area contributed by atoms with Crippen LogP contribution in [0, 0.1) is 0 Å². The van der Waals surface area contributed by atoms with Gasteiger partial charge in [0.05, 0.1) is 22.2 Å². The lowest BCUT2D eigenvalue weighted by Gasteiger charge is -2.27. The first-order valence-electron chi connectivity index (χ1n) is 20.8.